The van der Waals surface area contributed by atoms with E-state index in [1.165, 1.54) is 19.0 Å². The molecule has 4 rings (SSSR count). The Balaban J connectivity index is 1.39. The van der Waals surface area contributed by atoms with Crippen LogP contribution in [0.25, 0.3) is 0 Å². The molecular weight excluding hydrogens is 305 g/mol. The Morgan fingerprint density at radius 2 is 1.79 bits per heavy atom. The minimum atomic E-state index is -0.208. The van der Waals surface area contributed by atoms with Crippen LogP contribution >= 0.6 is 0 Å². The van der Waals surface area contributed by atoms with Gasteiger partial charge in [-0.25, -0.2) is 14.4 Å². The molecule has 0 N–H and O–H groups in total. The van der Waals surface area contributed by atoms with E-state index in [9.17, 15) is 4.39 Å². The van der Waals surface area contributed by atoms with Gasteiger partial charge < -0.3 is 4.90 Å². The molecule has 0 radical (unpaired) electrons. The first-order valence-electron chi connectivity index (χ1n) is 8.66. The van der Waals surface area contributed by atoms with Crippen LogP contribution in [0.1, 0.15) is 31.2 Å². The molecule has 0 aromatic carbocycles. The second-order valence-corrected chi connectivity index (χ2v) is 6.68. The number of hydrogen-bond acceptors (Lipinski definition) is 5. The van der Waals surface area contributed by atoms with Gasteiger partial charge in [0.1, 0.15) is 18.0 Å². The molecule has 0 unspecified atom stereocenters. The van der Waals surface area contributed by atoms with Gasteiger partial charge in [0.15, 0.2) is 0 Å². The maximum atomic E-state index is 13.8. The van der Waals surface area contributed by atoms with Crippen molar-refractivity contribution in [2.45, 2.75) is 44.3 Å². The predicted octanol–water partition coefficient (Wildman–Crippen LogP) is 2.64. The molecule has 24 heavy (non-hydrogen) atoms. The molecule has 0 bridgehead atoms. The van der Waals surface area contributed by atoms with E-state index in [1.54, 1.807) is 18.6 Å². The van der Waals surface area contributed by atoms with Crippen molar-refractivity contribution < 1.29 is 4.39 Å². The van der Waals surface area contributed by atoms with Crippen LogP contribution in [0.3, 0.4) is 0 Å². The zero-order valence-electron chi connectivity index (χ0n) is 13.7. The highest BCUT2D eigenvalue weighted by Crippen LogP contribution is 2.35. The van der Waals surface area contributed by atoms with E-state index in [4.69, 9.17) is 0 Å². The highest BCUT2D eigenvalue weighted by Gasteiger charge is 2.36. The maximum Gasteiger partial charge on any atom is 0.145 e. The summed E-state index contributed by atoms with van der Waals surface area (Å²) in [6.07, 6.45) is 11.1. The molecule has 126 valence electrons. The molecule has 5 nitrogen and oxygen atoms in total. The normalized spacial score (nSPS) is 19.4. The third kappa shape index (κ3) is 3.38. The number of rotatable bonds is 5. The molecule has 2 aromatic rings. The lowest BCUT2D eigenvalue weighted by Crippen LogP contribution is -2.46. The number of piperidine rings is 1. The number of anilines is 1. The Bertz CT molecular complexity index is 668. The molecule has 6 heteroatoms. The van der Waals surface area contributed by atoms with Gasteiger partial charge in [-0.1, -0.05) is 0 Å². The van der Waals surface area contributed by atoms with Crippen LogP contribution in [0, 0.1) is 5.82 Å². The van der Waals surface area contributed by atoms with Gasteiger partial charge in [-0.05, 0) is 37.8 Å². The van der Waals surface area contributed by atoms with Gasteiger partial charge in [0.2, 0.25) is 0 Å². The highest BCUT2D eigenvalue weighted by atomic mass is 19.1. The standard InChI is InChI=1S/C18H22FN5/c19-17-11-20-7-3-14(17)12-23-9-5-16(6-10-23)24(15-1-2-15)18-4-8-21-13-22-18/h3-4,7-8,11,13,15-16H,1-2,5-6,9-10,12H2. The Kier molecular flexibility index (Phi) is 4.38. The number of nitrogens with zero attached hydrogens (tertiary/aromatic N) is 5. The molecule has 0 amide bonds. The minimum Gasteiger partial charge on any atom is -0.350 e. The third-order valence-corrected chi connectivity index (χ3v) is 4.97. The molecule has 3 heterocycles. The number of hydrogen-bond donors (Lipinski definition) is 0. The van der Waals surface area contributed by atoms with Crippen molar-refractivity contribution in [2.75, 3.05) is 18.0 Å². The molecule has 1 saturated carbocycles. The zero-order chi connectivity index (χ0) is 16.4. The molecule has 1 aliphatic heterocycles. The van der Waals surface area contributed by atoms with Crippen LogP contribution in [0.2, 0.25) is 0 Å². The van der Waals surface area contributed by atoms with Gasteiger partial charge in [0.25, 0.3) is 0 Å². The van der Waals surface area contributed by atoms with E-state index >= 15 is 0 Å². The summed E-state index contributed by atoms with van der Waals surface area (Å²) in [6, 6.07) is 4.94. The van der Waals surface area contributed by atoms with Gasteiger partial charge >= 0.3 is 0 Å². The first-order valence-corrected chi connectivity index (χ1v) is 8.66. The molecule has 2 aromatic heterocycles. The number of pyridine rings is 1. The van der Waals surface area contributed by atoms with Crippen molar-refractivity contribution in [2.24, 2.45) is 0 Å². The van der Waals surface area contributed by atoms with Gasteiger partial charge in [-0.3, -0.25) is 9.88 Å². The lowest BCUT2D eigenvalue weighted by Gasteiger charge is -2.39. The SMILES string of the molecule is Fc1cnccc1CN1CCC(N(c2ccncn2)C2CC2)CC1. The zero-order valence-corrected chi connectivity index (χ0v) is 13.7. The summed E-state index contributed by atoms with van der Waals surface area (Å²) in [5.41, 5.74) is 0.735. The summed E-state index contributed by atoms with van der Waals surface area (Å²) in [4.78, 5) is 17.1. The molecule has 1 saturated heterocycles. The van der Waals surface area contributed by atoms with Crippen molar-refractivity contribution in [1.82, 2.24) is 19.9 Å². The topological polar surface area (TPSA) is 45.2 Å². The quantitative estimate of drug-likeness (QED) is 0.845. The van der Waals surface area contributed by atoms with Gasteiger partial charge in [-0.15, -0.1) is 0 Å². The average molecular weight is 327 g/mol. The van der Waals surface area contributed by atoms with E-state index in [0.717, 1.165) is 37.3 Å². The molecular formula is C18H22FN5. The van der Waals surface area contributed by atoms with Crippen LogP contribution < -0.4 is 4.90 Å². The van der Waals surface area contributed by atoms with Crippen LogP contribution in [0.15, 0.2) is 37.1 Å². The number of halogens is 1. The van der Waals surface area contributed by atoms with E-state index in [0.29, 0.717) is 18.6 Å². The maximum absolute atomic E-state index is 13.8. The fraction of sp³-hybridized carbons (Fsp3) is 0.500. The van der Waals surface area contributed by atoms with Crippen molar-refractivity contribution in [1.29, 1.82) is 0 Å². The van der Waals surface area contributed by atoms with Gasteiger partial charge in [0.05, 0.1) is 6.20 Å². The summed E-state index contributed by atoms with van der Waals surface area (Å²) in [7, 11) is 0. The average Bonchev–Trinajstić information content (AvgIpc) is 3.45. The van der Waals surface area contributed by atoms with Crippen molar-refractivity contribution in [3.8, 4) is 0 Å². The molecule has 0 spiro atoms. The fourth-order valence-electron chi connectivity index (χ4n) is 3.59. The van der Waals surface area contributed by atoms with Crippen LogP contribution in [0.4, 0.5) is 10.2 Å². The van der Waals surface area contributed by atoms with Crippen LogP contribution in [-0.2, 0) is 6.54 Å². The summed E-state index contributed by atoms with van der Waals surface area (Å²) in [6.45, 7) is 2.64. The van der Waals surface area contributed by atoms with Crippen molar-refractivity contribution in [3.63, 3.8) is 0 Å². The molecule has 2 aliphatic rings. The lowest BCUT2D eigenvalue weighted by molar-refractivity contribution is 0.198. The minimum absolute atomic E-state index is 0.208. The molecule has 0 atom stereocenters. The third-order valence-electron chi connectivity index (χ3n) is 4.97. The van der Waals surface area contributed by atoms with Gasteiger partial charge in [0, 0.05) is 49.7 Å². The van der Waals surface area contributed by atoms with Gasteiger partial charge in [-0.2, -0.15) is 0 Å². The lowest BCUT2D eigenvalue weighted by atomic mass is 10.0. The summed E-state index contributed by atoms with van der Waals surface area (Å²) in [5, 5.41) is 0. The van der Waals surface area contributed by atoms with Crippen molar-refractivity contribution >= 4 is 5.82 Å². The van der Waals surface area contributed by atoms with E-state index < -0.39 is 0 Å². The second kappa shape index (κ2) is 6.81. The second-order valence-electron chi connectivity index (χ2n) is 6.68. The summed E-state index contributed by atoms with van der Waals surface area (Å²) in [5.74, 6) is 0.839. The molecule has 2 fully saturated rings. The smallest absolute Gasteiger partial charge is 0.145 e. The van der Waals surface area contributed by atoms with Crippen LogP contribution in [-0.4, -0.2) is 45.0 Å². The van der Waals surface area contributed by atoms with E-state index in [2.05, 4.69) is 24.8 Å². The fourth-order valence-corrected chi connectivity index (χ4v) is 3.59. The summed E-state index contributed by atoms with van der Waals surface area (Å²) < 4.78 is 13.8. The number of aromatic nitrogens is 3. The Morgan fingerprint density at radius 3 is 2.46 bits per heavy atom. The highest BCUT2D eigenvalue weighted by molar-refractivity contribution is 5.41. The Labute approximate surface area is 141 Å². The number of likely N-dealkylation sites (tertiary alicyclic amines) is 1. The largest absolute Gasteiger partial charge is 0.350 e. The van der Waals surface area contributed by atoms with Crippen molar-refractivity contribution in [3.05, 3.63) is 48.4 Å². The monoisotopic (exact) mass is 327 g/mol. The van der Waals surface area contributed by atoms with E-state index in [1.807, 2.05) is 12.3 Å². The predicted molar refractivity (Wildman–Crippen MR) is 90.0 cm³/mol. The summed E-state index contributed by atoms with van der Waals surface area (Å²) >= 11 is 0. The Hall–Kier alpha value is -2.08. The molecule has 1 aliphatic carbocycles. The first-order chi connectivity index (χ1) is 11.8. The Morgan fingerprint density at radius 1 is 1.04 bits per heavy atom. The van der Waals surface area contributed by atoms with Crippen LogP contribution in [0.5, 0.6) is 0 Å². The van der Waals surface area contributed by atoms with E-state index in [-0.39, 0.29) is 5.82 Å². The first kappa shape index (κ1) is 15.4.